The van der Waals surface area contributed by atoms with Crippen LogP contribution in [-0.4, -0.2) is 9.78 Å². The van der Waals surface area contributed by atoms with E-state index in [2.05, 4.69) is 21.9 Å². The third-order valence-corrected chi connectivity index (χ3v) is 3.51. The van der Waals surface area contributed by atoms with Crippen LogP contribution in [0.4, 0.5) is 0 Å². The van der Waals surface area contributed by atoms with E-state index in [-0.39, 0.29) is 6.04 Å². The standard InChI is InChI=1S/C12H17N3S/c1-9-11(7-15(2)14-9)12(13)4-3-10-5-6-16-8-10/h5-8,12H,3-4,13H2,1-2H3. The Labute approximate surface area is 99.9 Å². The van der Waals surface area contributed by atoms with Crippen LogP contribution in [0.3, 0.4) is 0 Å². The lowest BCUT2D eigenvalue weighted by atomic mass is 10.0. The number of aromatic nitrogens is 2. The van der Waals surface area contributed by atoms with Gasteiger partial charge in [0.2, 0.25) is 0 Å². The molecule has 2 aromatic rings. The maximum absolute atomic E-state index is 6.18. The molecule has 2 aromatic heterocycles. The van der Waals surface area contributed by atoms with Crippen molar-refractivity contribution in [1.29, 1.82) is 0 Å². The van der Waals surface area contributed by atoms with Crippen molar-refractivity contribution in [2.75, 3.05) is 0 Å². The third kappa shape index (κ3) is 2.51. The summed E-state index contributed by atoms with van der Waals surface area (Å²) in [6.07, 6.45) is 4.04. The number of thiophene rings is 1. The highest BCUT2D eigenvalue weighted by molar-refractivity contribution is 7.07. The topological polar surface area (TPSA) is 43.8 Å². The fraction of sp³-hybridized carbons (Fsp3) is 0.417. The van der Waals surface area contributed by atoms with E-state index >= 15 is 0 Å². The number of rotatable bonds is 4. The van der Waals surface area contributed by atoms with E-state index in [0.29, 0.717) is 0 Å². The van der Waals surface area contributed by atoms with Crippen LogP contribution in [0.5, 0.6) is 0 Å². The van der Waals surface area contributed by atoms with Gasteiger partial charge >= 0.3 is 0 Å². The Morgan fingerprint density at radius 2 is 2.38 bits per heavy atom. The summed E-state index contributed by atoms with van der Waals surface area (Å²) in [5, 5.41) is 8.61. The van der Waals surface area contributed by atoms with Crippen molar-refractivity contribution in [2.45, 2.75) is 25.8 Å². The molecule has 3 nitrogen and oxygen atoms in total. The van der Waals surface area contributed by atoms with E-state index in [1.165, 1.54) is 5.56 Å². The lowest BCUT2D eigenvalue weighted by Gasteiger charge is -2.09. The summed E-state index contributed by atoms with van der Waals surface area (Å²) in [4.78, 5) is 0. The average molecular weight is 235 g/mol. The van der Waals surface area contributed by atoms with E-state index in [9.17, 15) is 0 Å². The maximum atomic E-state index is 6.18. The molecule has 1 atom stereocenters. The highest BCUT2D eigenvalue weighted by Crippen LogP contribution is 2.20. The van der Waals surface area contributed by atoms with E-state index in [1.54, 1.807) is 11.3 Å². The lowest BCUT2D eigenvalue weighted by Crippen LogP contribution is -2.11. The number of hydrogen-bond donors (Lipinski definition) is 1. The quantitative estimate of drug-likeness (QED) is 0.884. The van der Waals surface area contributed by atoms with Crippen LogP contribution in [0.15, 0.2) is 23.0 Å². The Bertz CT molecular complexity index is 445. The highest BCUT2D eigenvalue weighted by atomic mass is 32.1. The summed E-state index contributed by atoms with van der Waals surface area (Å²) >= 11 is 1.74. The molecule has 86 valence electrons. The normalized spacial score (nSPS) is 12.9. The van der Waals surface area contributed by atoms with E-state index < -0.39 is 0 Å². The SMILES string of the molecule is Cc1nn(C)cc1C(N)CCc1ccsc1. The molecule has 0 aliphatic rings. The Morgan fingerprint density at radius 1 is 1.56 bits per heavy atom. The van der Waals surface area contributed by atoms with Gasteiger partial charge in [-0.2, -0.15) is 16.4 Å². The molecule has 0 radical (unpaired) electrons. The number of nitrogens with zero attached hydrogens (tertiary/aromatic N) is 2. The van der Waals surface area contributed by atoms with Gasteiger partial charge in [-0.3, -0.25) is 4.68 Å². The summed E-state index contributed by atoms with van der Waals surface area (Å²) in [5.41, 5.74) is 9.76. The molecule has 0 saturated carbocycles. The van der Waals surface area contributed by atoms with Crippen molar-refractivity contribution in [3.63, 3.8) is 0 Å². The van der Waals surface area contributed by atoms with Gasteiger partial charge in [-0.05, 0) is 42.2 Å². The van der Waals surface area contributed by atoms with Gasteiger partial charge in [-0.1, -0.05) is 0 Å². The first kappa shape index (κ1) is 11.4. The van der Waals surface area contributed by atoms with Crippen molar-refractivity contribution in [1.82, 2.24) is 9.78 Å². The van der Waals surface area contributed by atoms with Crippen molar-refractivity contribution in [3.05, 3.63) is 39.8 Å². The van der Waals surface area contributed by atoms with Gasteiger partial charge < -0.3 is 5.73 Å². The molecule has 0 saturated heterocycles. The van der Waals surface area contributed by atoms with Gasteiger partial charge in [-0.15, -0.1) is 0 Å². The van der Waals surface area contributed by atoms with Crippen LogP contribution < -0.4 is 5.73 Å². The fourth-order valence-corrected chi connectivity index (χ4v) is 2.60. The van der Waals surface area contributed by atoms with Crippen molar-refractivity contribution < 1.29 is 0 Å². The summed E-state index contributed by atoms with van der Waals surface area (Å²) in [5.74, 6) is 0. The second-order valence-corrected chi connectivity index (χ2v) is 4.90. The third-order valence-electron chi connectivity index (χ3n) is 2.78. The maximum Gasteiger partial charge on any atom is 0.0641 e. The van der Waals surface area contributed by atoms with E-state index in [1.807, 2.05) is 24.9 Å². The van der Waals surface area contributed by atoms with Crippen molar-refractivity contribution >= 4 is 11.3 Å². The summed E-state index contributed by atoms with van der Waals surface area (Å²) in [6, 6.07) is 2.25. The zero-order chi connectivity index (χ0) is 11.5. The van der Waals surface area contributed by atoms with Crippen LogP contribution in [0.1, 0.15) is 29.3 Å². The first-order valence-corrected chi connectivity index (χ1v) is 6.38. The minimum Gasteiger partial charge on any atom is -0.324 e. The van der Waals surface area contributed by atoms with Crippen molar-refractivity contribution in [2.24, 2.45) is 12.8 Å². The smallest absolute Gasteiger partial charge is 0.0641 e. The van der Waals surface area contributed by atoms with Crippen molar-refractivity contribution in [3.8, 4) is 0 Å². The molecule has 0 spiro atoms. The van der Waals surface area contributed by atoms with E-state index in [4.69, 9.17) is 5.73 Å². The molecule has 1 unspecified atom stereocenters. The molecule has 0 aliphatic carbocycles. The number of aryl methyl sites for hydroxylation is 3. The molecule has 2 N–H and O–H groups in total. The molecule has 0 amide bonds. The van der Waals surface area contributed by atoms with Crippen LogP contribution >= 0.6 is 11.3 Å². The van der Waals surface area contributed by atoms with Crippen LogP contribution in [0.25, 0.3) is 0 Å². The van der Waals surface area contributed by atoms with Gasteiger partial charge in [0.1, 0.15) is 0 Å². The molecule has 0 bridgehead atoms. The zero-order valence-corrected chi connectivity index (χ0v) is 10.5. The van der Waals surface area contributed by atoms with Gasteiger partial charge in [0, 0.05) is 24.8 Å². The lowest BCUT2D eigenvalue weighted by molar-refractivity contribution is 0.648. The average Bonchev–Trinajstić information content (AvgIpc) is 2.84. The summed E-state index contributed by atoms with van der Waals surface area (Å²) < 4.78 is 1.83. The Kier molecular flexibility index (Phi) is 3.41. The number of hydrogen-bond acceptors (Lipinski definition) is 3. The summed E-state index contributed by atoms with van der Waals surface area (Å²) in [7, 11) is 1.93. The van der Waals surface area contributed by atoms with Gasteiger partial charge in [0.05, 0.1) is 5.69 Å². The first-order valence-electron chi connectivity index (χ1n) is 5.43. The van der Waals surface area contributed by atoms with Crippen LogP contribution in [0.2, 0.25) is 0 Å². The number of nitrogens with two attached hydrogens (primary N) is 1. The molecule has 2 rings (SSSR count). The molecule has 16 heavy (non-hydrogen) atoms. The molecule has 0 aromatic carbocycles. The molecule has 4 heteroatoms. The van der Waals surface area contributed by atoms with Crippen LogP contribution in [-0.2, 0) is 13.5 Å². The fourth-order valence-electron chi connectivity index (χ4n) is 1.89. The second kappa shape index (κ2) is 4.80. The second-order valence-electron chi connectivity index (χ2n) is 4.12. The first-order chi connectivity index (χ1) is 7.66. The molecule has 2 heterocycles. The Hall–Kier alpha value is -1.13. The summed E-state index contributed by atoms with van der Waals surface area (Å²) in [6.45, 7) is 2.01. The Balaban J connectivity index is 1.98. The minimum atomic E-state index is 0.0913. The predicted molar refractivity (Wildman–Crippen MR) is 67.5 cm³/mol. The molecule has 0 aliphatic heterocycles. The Morgan fingerprint density at radius 3 is 2.94 bits per heavy atom. The molecular formula is C12H17N3S. The largest absolute Gasteiger partial charge is 0.324 e. The molecule has 0 fully saturated rings. The predicted octanol–water partition coefficient (Wildman–Crippen LogP) is 2.42. The van der Waals surface area contributed by atoms with Gasteiger partial charge in [0.25, 0.3) is 0 Å². The minimum absolute atomic E-state index is 0.0913. The zero-order valence-electron chi connectivity index (χ0n) is 9.68. The van der Waals surface area contributed by atoms with Gasteiger partial charge in [-0.25, -0.2) is 0 Å². The van der Waals surface area contributed by atoms with Gasteiger partial charge in [0.15, 0.2) is 0 Å². The highest BCUT2D eigenvalue weighted by Gasteiger charge is 2.12. The molecular weight excluding hydrogens is 218 g/mol. The van der Waals surface area contributed by atoms with Crippen LogP contribution in [0, 0.1) is 6.92 Å². The van der Waals surface area contributed by atoms with E-state index in [0.717, 1.165) is 24.1 Å². The monoisotopic (exact) mass is 235 g/mol.